The molecule has 2 rings (SSSR count). The number of nitrogens with zero attached hydrogens (tertiary/aromatic N) is 1. The van der Waals surface area contributed by atoms with Crippen molar-refractivity contribution < 1.29 is 4.74 Å². The summed E-state index contributed by atoms with van der Waals surface area (Å²) < 4.78 is 5.40. The highest BCUT2D eigenvalue weighted by molar-refractivity contribution is 8.00. The largest absolute Gasteiger partial charge is 0.496 e. The highest BCUT2D eigenvalue weighted by atomic mass is 32.2. The van der Waals surface area contributed by atoms with Gasteiger partial charge in [0.1, 0.15) is 11.3 Å². The quantitative estimate of drug-likeness (QED) is 0.869. The Hall–Kier alpha value is -1.18. The monoisotopic (exact) mass is 290 g/mol. The third kappa shape index (κ3) is 3.47. The molecule has 1 N–H and O–H groups in total. The maximum absolute atomic E-state index is 9.48. The fourth-order valence-corrected chi connectivity index (χ4v) is 4.05. The second-order valence-corrected chi connectivity index (χ2v) is 6.60. The lowest BCUT2D eigenvalue weighted by Gasteiger charge is -2.22. The first-order chi connectivity index (χ1) is 9.73. The molecule has 0 amide bonds. The van der Waals surface area contributed by atoms with Gasteiger partial charge in [0.25, 0.3) is 0 Å². The second kappa shape index (κ2) is 7.01. The average molecular weight is 290 g/mol. The van der Waals surface area contributed by atoms with Crippen LogP contribution in [0, 0.1) is 11.3 Å². The Kier molecular flexibility index (Phi) is 5.33. The van der Waals surface area contributed by atoms with Crippen LogP contribution in [-0.4, -0.2) is 24.4 Å². The maximum atomic E-state index is 9.48. The van der Waals surface area contributed by atoms with Gasteiger partial charge >= 0.3 is 0 Å². The predicted octanol–water partition coefficient (Wildman–Crippen LogP) is 3.60. The first-order valence-corrected chi connectivity index (χ1v) is 8.07. The van der Waals surface area contributed by atoms with Crippen molar-refractivity contribution in [2.24, 2.45) is 0 Å². The summed E-state index contributed by atoms with van der Waals surface area (Å²) in [5.74, 6) is 0.925. The molecule has 0 spiro atoms. The number of benzene rings is 1. The van der Waals surface area contributed by atoms with Gasteiger partial charge in [0.2, 0.25) is 0 Å². The number of nitriles is 1. The van der Waals surface area contributed by atoms with E-state index in [9.17, 15) is 5.26 Å². The predicted molar refractivity (Wildman–Crippen MR) is 83.1 cm³/mol. The van der Waals surface area contributed by atoms with Gasteiger partial charge in [-0.15, -0.1) is 11.8 Å². The Morgan fingerprint density at radius 2 is 2.30 bits per heavy atom. The normalized spacial score (nSPS) is 25.4. The number of rotatable bonds is 6. The van der Waals surface area contributed by atoms with Crippen LogP contribution in [0.25, 0.3) is 0 Å². The zero-order valence-corrected chi connectivity index (χ0v) is 13.0. The number of nitrogens with one attached hydrogen (secondary N) is 1. The molecule has 1 aliphatic rings. The lowest BCUT2D eigenvalue weighted by molar-refractivity contribution is 0.404. The smallest absolute Gasteiger partial charge is 0.132 e. The van der Waals surface area contributed by atoms with Crippen LogP contribution in [0.3, 0.4) is 0 Å². The molecule has 0 aromatic heterocycles. The summed E-state index contributed by atoms with van der Waals surface area (Å²) in [6.07, 6.45) is 3.99. The number of thioether (sulfide) groups is 1. The van der Waals surface area contributed by atoms with Gasteiger partial charge < -0.3 is 4.74 Å². The Balaban J connectivity index is 2.01. The van der Waals surface area contributed by atoms with E-state index in [2.05, 4.69) is 24.4 Å². The van der Waals surface area contributed by atoms with Crippen LogP contribution < -0.4 is 10.1 Å². The molecule has 20 heavy (non-hydrogen) atoms. The number of para-hydroxylation sites is 1. The molecule has 4 heteroatoms. The molecule has 1 aromatic rings. The summed E-state index contributed by atoms with van der Waals surface area (Å²) in [7, 11) is 1.70. The molecule has 0 aliphatic heterocycles. The van der Waals surface area contributed by atoms with Crippen molar-refractivity contribution in [3.05, 3.63) is 24.3 Å². The van der Waals surface area contributed by atoms with E-state index in [1.165, 1.54) is 4.90 Å². The van der Waals surface area contributed by atoms with Crippen LogP contribution in [-0.2, 0) is 0 Å². The van der Waals surface area contributed by atoms with E-state index in [-0.39, 0.29) is 5.54 Å². The minimum atomic E-state index is -0.324. The fourth-order valence-electron chi connectivity index (χ4n) is 2.66. The summed E-state index contributed by atoms with van der Waals surface area (Å²) in [6.45, 7) is 3.05. The van der Waals surface area contributed by atoms with Gasteiger partial charge in [-0.2, -0.15) is 5.26 Å². The van der Waals surface area contributed by atoms with E-state index in [0.717, 1.165) is 38.0 Å². The molecule has 1 saturated carbocycles. The molecule has 1 fully saturated rings. The summed E-state index contributed by atoms with van der Waals surface area (Å²) in [5.41, 5.74) is -0.324. The van der Waals surface area contributed by atoms with Crippen molar-refractivity contribution in [3.63, 3.8) is 0 Å². The van der Waals surface area contributed by atoms with Crippen molar-refractivity contribution in [1.82, 2.24) is 5.32 Å². The van der Waals surface area contributed by atoms with Crippen LogP contribution in [0.4, 0.5) is 0 Å². The van der Waals surface area contributed by atoms with Crippen molar-refractivity contribution in [1.29, 1.82) is 5.26 Å². The van der Waals surface area contributed by atoms with Crippen LogP contribution in [0.15, 0.2) is 29.2 Å². The number of methoxy groups -OCH3 is 1. The lowest BCUT2D eigenvalue weighted by Crippen LogP contribution is -2.42. The Morgan fingerprint density at radius 1 is 1.50 bits per heavy atom. The van der Waals surface area contributed by atoms with Crippen molar-refractivity contribution in [2.75, 3.05) is 13.7 Å². The number of hydrogen-bond acceptors (Lipinski definition) is 4. The Bertz CT molecular complexity index is 486. The fraction of sp³-hybridized carbons (Fsp3) is 0.562. The van der Waals surface area contributed by atoms with E-state index in [4.69, 9.17) is 4.74 Å². The molecular formula is C16H22N2OS. The van der Waals surface area contributed by atoms with Crippen LogP contribution in [0.2, 0.25) is 0 Å². The molecule has 0 radical (unpaired) electrons. The molecule has 0 heterocycles. The molecule has 0 bridgehead atoms. The molecule has 2 unspecified atom stereocenters. The summed E-state index contributed by atoms with van der Waals surface area (Å²) >= 11 is 1.84. The minimum Gasteiger partial charge on any atom is -0.496 e. The van der Waals surface area contributed by atoms with Gasteiger partial charge in [-0.1, -0.05) is 19.1 Å². The highest BCUT2D eigenvalue weighted by Crippen LogP contribution is 2.42. The number of ether oxygens (including phenoxy) is 1. The summed E-state index contributed by atoms with van der Waals surface area (Å²) in [6, 6.07) is 10.6. The second-order valence-electron chi connectivity index (χ2n) is 5.25. The average Bonchev–Trinajstić information content (AvgIpc) is 2.89. The maximum Gasteiger partial charge on any atom is 0.132 e. The molecule has 2 atom stereocenters. The van der Waals surface area contributed by atoms with Gasteiger partial charge in [-0.3, -0.25) is 5.32 Å². The van der Waals surface area contributed by atoms with Crippen LogP contribution >= 0.6 is 11.8 Å². The zero-order valence-electron chi connectivity index (χ0n) is 12.2. The lowest BCUT2D eigenvalue weighted by atomic mass is 10.00. The van der Waals surface area contributed by atoms with E-state index >= 15 is 0 Å². The van der Waals surface area contributed by atoms with E-state index in [1.54, 1.807) is 7.11 Å². The molecular weight excluding hydrogens is 268 g/mol. The van der Waals surface area contributed by atoms with E-state index in [1.807, 2.05) is 30.0 Å². The zero-order chi connectivity index (χ0) is 14.4. The van der Waals surface area contributed by atoms with E-state index in [0.29, 0.717) is 5.25 Å². The molecule has 108 valence electrons. The third-order valence-corrected chi connectivity index (χ3v) is 5.09. The van der Waals surface area contributed by atoms with Crippen molar-refractivity contribution in [3.8, 4) is 11.8 Å². The number of hydrogen-bond donors (Lipinski definition) is 1. The molecule has 0 saturated heterocycles. The molecule has 1 aromatic carbocycles. The van der Waals surface area contributed by atoms with Gasteiger partial charge in [-0.25, -0.2) is 0 Å². The van der Waals surface area contributed by atoms with E-state index < -0.39 is 0 Å². The summed E-state index contributed by atoms with van der Waals surface area (Å²) in [5, 5.41) is 13.4. The van der Waals surface area contributed by atoms with Gasteiger partial charge in [-0.05, 0) is 44.4 Å². The first-order valence-electron chi connectivity index (χ1n) is 7.19. The Labute approximate surface area is 125 Å². The van der Waals surface area contributed by atoms with Crippen LogP contribution in [0.5, 0.6) is 5.75 Å². The minimum absolute atomic E-state index is 0.324. The SMILES string of the molecule is CCCNC1(C#N)CCC(Sc2ccccc2OC)C1. The molecule has 3 nitrogen and oxygen atoms in total. The van der Waals surface area contributed by atoms with Gasteiger partial charge in [0, 0.05) is 10.1 Å². The molecule has 1 aliphatic carbocycles. The van der Waals surface area contributed by atoms with Crippen molar-refractivity contribution >= 4 is 11.8 Å². The van der Waals surface area contributed by atoms with Crippen LogP contribution in [0.1, 0.15) is 32.6 Å². The van der Waals surface area contributed by atoms with Gasteiger partial charge in [0.05, 0.1) is 13.2 Å². The summed E-state index contributed by atoms with van der Waals surface area (Å²) in [4.78, 5) is 1.17. The van der Waals surface area contributed by atoms with Crippen molar-refractivity contribution in [2.45, 2.75) is 48.3 Å². The van der Waals surface area contributed by atoms with Gasteiger partial charge in [0.15, 0.2) is 0 Å². The highest BCUT2D eigenvalue weighted by Gasteiger charge is 2.39. The Morgan fingerprint density at radius 3 is 3.00 bits per heavy atom. The third-order valence-electron chi connectivity index (χ3n) is 3.76. The standard InChI is InChI=1S/C16H22N2OS/c1-3-10-18-16(12-17)9-8-13(11-16)20-15-7-5-4-6-14(15)19-2/h4-7,13,18H,3,8-11H2,1-2H3. The topological polar surface area (TPSA) is 45.0 Å². The first kappa shape index (κ1) is 15.2.